The first-order valence-corrected chi connectivity index (χ1v) is 12.3. The first-order chi connectivity index (χ1) is 18.5. The summed E-state index contributed by atoms with van der Waals surface area (Å²) in [6.07, 6.45) is 2.76. The number of aromatic nitrogens is 2. The third-order valence-electron chi connectivity index (χ3n) is 5.99. The highest BCUT2D eigenvalue weighted by Crippen LogP contribution is 2.22. The van der Waals surface area contributed by atoms with Gasteiger partial charge in [0.25, 0.3) is 5.91 Å². The van der Waals surface area contributed by atoms with Crippen molar-refractivity contribution in [2.45, 2.75) is 38.1 Å². The summed E-state index contributed by atoms with van der Waals surface area (Å²) >= 11 is 0. The van der Waals surface area contributed by atoms with E-state index >= 15 is 0 Å². The molecule has 1 aliphatic rings. The van der Waals surface area contributed by atoms with Gasteiger partial charge in [-0.25, -0.2) is 14.8 Å². The predicted molar refractivity (Wildman–Crippen MR) is 140 cm³/mol. The monoisotopic (exact) mass is 518 g/mol. The topological polar surface area (TPSA) is 149 Å². The van der Waals surface area contributed by atoms with E-state index in [1.807, 2.05) is 18.2 Å². The summed E-state index contributed by atoms with van der Waals surface area (Å²) in [6.45, 7) is 1.69. The second kappa shape index (κ2) is 13.2. The Labute approximate surface area is 220 Å². The normalized spacial score (nSPS) is 14.3. The Bertz CT molecular complexity index is 1200. The maximum Gasteiger partial charge on any atom is 0.516 e. The molecule has 198 valence electrons. The number of anilines is 2. The van der Waals surface area contributed by atoms with Crippen molar-refractivity contribution >= 4 is 29.7 Å². The first kappa shape index (κ1) is 26.6. The molecule has 38 heavy (non-hydrogen) atoms. The molecule has 0 spiro atoms. The lowest BCUT2D eigenvalue weighted by Crippen LogP contribution is -2.43. The molecule has 1 aliphatic heterocycles. The summed E-state index contributed by atoms with van der Waals surface area (Å²) in [7, 11) is 0. The van der Waals surface area contributed by atoms with Crippen LogP contribution in [0.3, 0.4) is 0 Å². The van der Waals surface area contributed by atoms with E-state index in [0.29, 0.717) is 17.6 Å². The highest BCUT2D eigenvalue weighted by molar-refractivity contribution is 5.95. The van der Waals surface area contributed by atoms with Crippen LogP contribution in [0.15, 0.2) is 73.1 Å². The van der Waals surface area contributed by atoms with E-state index in [4.69, 9.17) is 10.5 Å². The maximum absolute atomic E-state index is 12.6. The molecule has 4 N–H and O–H groups in total. The predicted octanol–water partition coefficient (Wildman–Crippen LogP) is 2.84. The van der Waals surface area contributed by atoms with Gasteiger partial charge in [-0.05, 0) is 48.7 Å². The average molecular weight is 519 g/mol. The van der Waals surface area contributed by atoms with Crippen LogP contribution in [0.5, 0.6) is 0 Å². The molecule has 1 aromatic heterocycles. The third-order valence-corrected chi connectivity index (χ3v) is 5.99. The van der Waals surface area contributed by atoms with Gasteiger partial charge in [-0.15, -0.1) is 0 Å². The van der Waals surface area contributed by atoms with Crippen molar-refractivity contribution < 1.29 is 23.9 Å². The highest BCUT2D eigenvalue weighted by Gasteiger charge is 2.21. The lowest BCUT2D eigenvalue weighted by atomic mass is 10.0. The number of nitrogens with two attached hydrogens (primary N) is 1. The Hall–Kier alpha value is -4.51. The fourth-order valence-electron chi connectivity index (χ4n) is 4.02. The molecule has 0 saturated carbocycles. The molecule has 2 heterocycles. The smallest absolute Gasteiger partial charge is 0.429 e. The zero-order valence-corrected chi connectivity index (χ0v) is 20.8. The number of rotatable bonds is 9. The van der Waals surface area contributed by atoms with Crippen molar-refractivity contribution in [3.8, 4) is 0 Å². The molecule has 1 amide bonds. The zero-order valence-electron chi connectivity index (χ0n) is 20.8. The molecule has 3 aromatic rings. The second-order valence-electron chi connectivity index (χ2n) is 8.81. The number of nitrogens with one attached hydrogen (secondary N) is 2. The molecule has 2 aromatic carbocycles. The van der Waals surface area contributed by atoms with Crippen LogP contribution in [0, 0.1) is 0 Å². The third kappa shape index (κ3) is 8.00. The Morgan fingerprint density at radius 3 is 2.34 bits per heavy atom. The number of carbonyl (C=O) groups is 3. The fourth-order valence-corrected chi connectivity index (χ4v) is 4.02. The van der Waals surface area contributed by atoms with Crippen LogP contribution in [0.4, 0.5) is 16.4 Å². The van der Waals surface area contributed by atoms with Gasteiger partial charge < -0.3 is 30.7 Å². The van der Waals surface area contributed by atoms with Gasteiger partial charge in [0.05, 0.1) is 12.6 Å². The van der Waals surface area contributed by atoms with Gasteiger partial charge in [0.1, 0.15) is 6.61 Å². The van der Waals surface area contributed by atoms with Gasteiger partial charge in [0.15, 0.2) is 0 Å². The average Bonchev–Trinajstić information content (AvgIpc) is 2.93. The summed E-state index contributed by atoms with van der Waals surface area (Å²) in [5.41, 5.74) is 8.03. The van der Waals surface area contributed by atoms with Crippen molar-refractivity contribution in [2.75, 3.05) is 23.3 Å². The fraction of sp³-hybridized carbons (Fsp3) is 0.296. The van der Waals surface area contributed by atoms with E-state index in [9.17, 15) is 14.4 Å². The van der Waals surface area contributed by atoms with Crippen LogP contribution >= 0.6 is 0 Å². The summed E-state index contributed by atoms with van der Waals surface area (Å²) < 4.78 is 9.51. The Morgan fingerprint density at radius 1 is 0.974 bits per heavy atom. The van der Waals surface area contributed by atoms with E-state index in [1.165, 1.54) is 0 Å². The van der Waals surface area contributed by atoms with Crippen molar-refractivity contribution in [2.24, 2.45) is 5.73 Å². The number of ether oxygens (including phenoxy) is 2. The van der Waals surface area contributed by atoms with Gasteiger partial charge >= 0.3 is 12.1 Å². The lowest BCUT2D eigenvalue weighted by molar-refractivity contribution is -0.140. The number of hydrogen-bond acceptors (Lipinski definition) is 10. The minimum Gasteiger partial charge on any atom is -0.429 e. The number of piperidine rings is 1. The SMILES string of the molecule is NC(CC(=O)OC(=O)OCc1ccccc1)NC(=O)c1ccc(N2CCC(Nc3ncccn3)CC2)cc1. The van der Waals surface area contributed by atoms with E-state index in [-0.39, 0.29) is 13.0 Å². The number of benzene rings is 2. The van der Waals surface area contributed by atoms with Gasteiger partial charge in [0.2, 0.25) is 5.95 Å². The van der Waals surface area contributed by atoms with Crippen LogP contribution in [0.1, 0.15) is 35.2 Å². The van der Waals surface area contributed by atoms with Crippen molar-refractivity contribution in [3.05, 3.63) is 84.2 Å². The van der Waals surface area contributed by atoms with Crippen molar-refractivity contribution in [3.63, 3.8) is 0 Å². The summed E-state index contributed by atoms with van der Waals surface area (Å²) in [5.74, 6) is -0.701. The van der Waals surface area contributed by atoms with Gasteiger partial charge in [-0.3, -0.25) is 9.59 Å². The molecule has 1 saturated heterocycles. The first-order valence-electron chi connectivity index (χ1n) is 12.3. The second-order valence-corrected chi connectivity index (χ2v) is 8.81. The molecule has 1 atom stereocenters. The van der Waals surface area contributed by atoms with Crippen molar-refractivity contribution in [1.29, 1.82) is 0 Å². The Kier molecular flexibility index (Phi) is 9.19. The molecule has 4 rings (SSSR count). The molecule has 1 unspecified atom stereocenters. The number of nitrogens with zero attached hydrogens (tertiary/aromatic N) is 3. The van der Waals surface area contributed by atoms with E-state index in [0.717, 1.165) is 37.2 Å². The summed E-state index contributed by atoms with van der Waals surface area (Å²) in [4.78, 5) is 46.9. The molecular formula is C27H30N6O5. The molecule has 0 aliphatic carbocycles. The summed E-state index contributed by atoms with van der Waals surface area (Å²) in [6, 6.07) is 18.2. The largest absolute Gasteiger partial charge is 0.516 e. The molecule has 1 fully saturated rings. The Balaban J connectivity index is 1.17. The van der Waals surface area contributed by atoms with Crippen LogP contribution < -0.4 is 21.3 Å². The van der Waals surface area contributed by atoms with Crippen LogP contribution in [-0.4, -0.2) is 53.3 Å². The van der Waals surface area contributed by atoms with Crippen LogP contribution in [0.25, 0.3) is 0 Å². The minimum atomic E-state index is -1.12. The number of hydrogen-bond donors (Lipinski definition) is 3. The van der Waals surface area contributed by atoms with Crippen molar-refractivity contribution in [1.82, 2.24) is 15.3 Å². The van der Waals surface area contributed by atoms with Gasteiger partial charge in [-0.1, -0.05) is 30.3 Å². The van der Waals surface area contributed by atoms with E-state index in [1.54, 1.807) is 54.9 Å². The van der Waals surface area contributed by atoms with Crippen LogP contribution in [0.2, 0.25) is 0 Å². The summed E-state index contributed by atoms with van der Waals surface area (Å²) in [5, 5.41) is 5.90. The molecular weight excluding hydrogens is 488 g/mol. The minimum absolute atomic E-state index is 0.0245. The Morgan fingerprint density at radius 2 is 1.66 bits per heavy atom. The molecule has 0 bridgehead atoms. The number of esters is 1. The maximum atomic E-state index is 12.6. The standard InChI is InChI=1S/C27H30N6O5/c28-23(17-24(34)38-27(36)37-18-19-5-2-1-3-6-19)32-25(35)20-7-9-22(10-8-20)33-15-11-21(12-16-33)31-26-29-13-4-14-30-26/h1-10,13-14,21,23H,11-12,15-18,28H2,(H,32,35)(H,29,30,31). The zero-order chi connectivity index (χ0) is 26.7. The quantitative estimate of drug-likeness (QED) is 0.219. The highest BCUT2D eigenvalue weighted by atomic mass is 16.7. The van der Waals surface area contributed by atoms with E-state index in [2.05, 4.69) is 30.2 Å². The lowest BCUT2D eigenvalue weighted by Gasteiger charge is -2.34. The molecule has 0 radical (unpaired) electrons. The van der Waals surface area contributed by atoms with E-state index < -0.39 is 24.2 Å². The molecule has 11 heteroatoms. The number of amides is 1. The number of carbonyl (C=O) groups excluding carboxylic acids is 3. The van der Waals surface area contributed by atoms with Gasteiger partial charge in [-0.2, -0.15) is 0 Å². The van der Waals surface area contributed by atoms with Crippen LogP contribution in [-0.2, 0) is 20.9 Å². The molecule has 11 nitrogen and oxygen atoms in total. The van der Waals surface area contributed by atoms with Gasteiger partial charge in [0, 0.05) is 42.8 Å².